The van der Waals surface area contributed by atoms with Crippen LogP contribution in [0.2, 0.25) is 0 Å². The van der Waals surface area contributed by atoms with Gasteiger partial charge in [0.2, 0.25) is 12.0 Å². The van der Waals surface area contributed by atoms with Crippen LogP contribution in [0.1, 0.15) is 17.5 Å². The standard InChI is InChI=1S/C22H22FN3O3/c23-18-8-6-17(7-9-18)14-25-10-11-26(15-21(25)27)22(28)20-13-19(24-29-20)12-16-4-2-1-3-5-16/h1-9,20H,10-15H2. The normalized spacial score (nSPS) is 19.1. The maximum absolute atomic E-state index is 13.0. The van der Waals surface area contributed by atoms with Gasteiger partial charge in [0, 0.05) is 32.5 Å². The van der Waals surface area contributed by atoms with E-state index in [0.29, 0.717) is 32.5 Å². The minimum absolute atomic E-state index is 0.0217. The van der Waals surface area contributed by atoms with Crippen LogP contribution in [0.15, 0.2) is 59.8 Å². The van der Waals surface area contributed by atoms with E-state index < -0.39 is 6.10 Å². The second-order valence-electron chi connectivity index (χ2n) is 7.32. The van der Waals surface area contributed by atoms with Crippen molar-refractivity contribution in [3.05, 3.63) is 71.5 Å². The molecule has 0 N–H and O–H groups in total. The van der Waals surface area contributed by atoms with Crippen LogP contribution in [0.5, 0.6) is 0 Å². The molecule has 1 fully saturated rings. The highest BCUT2D eigenvalue weighted by atomic mass is 19.1. The summed E-state index contributed by atoms with van der Waals surface area (Å²) in [5.74, 6) is -0.634. The molecule has 1 saturated heterocycles. The number of amides is 2. The van der Waals surface area contributed by atoms with E-state index in [9.17, 15) is 14.0 Å². The number of oxime groups is 1. The molecular formula is C22H22FN3O3. The summed E-state index contributed by atoms with van der Waals surface area (Å²) in [7, 11) is 0. The van der Waals surface area contributed by atoms with Gasteiger partial charge in [-0.1, -0.05) is 47.6 Å². The van der Waals surface area contributed by atoms with Gasteiger partial charge in [-0.3, -0.25) is 9.59 Å². The molecule has 0 saturated carbocycles. The number of carbonyl (C=O) groups excluding carboxylic acids is 2. The van der Waals surface area contributed by atoms with Crippen molar-refractivity contribution in [2.75, 3.05) is 19.6 Å². The average molecular weight is 395 g/mol. The first-order chi connectivity index (χ1) is 14.1. The fourth-order valence-corrected chi connectivity index (χ4v) is 3.57. The molecule has 2 aliphatic rings. The van der Waals surface area contributed by atoms with Gasteiger partial charge in [-0.25, -0.2) is 4.39 Å². The Morgan fingerprint density at radius 2 is 1.83 bits per heavy atom. The van der Waals surface area contributed by atoms with Crippen LogP contribution in [0.3, 0.4) is 0 Å². The fraction of sp³-hybridized carbons (Fsp3) is 0.318. The van der Waals surface area contributed by atoms with Crippen LogP contribution < -0.4 is 0 Å². The lowest BCUT2D eigenvalue weighted by atomic mass is 10.0. The zero-order chi connectivity index (χ0) is 20.2. The van der Waals surface area contributed by atoms with Crippen molar-refractivity contribution in [2.24, 2.45) is 5.16 Å². The Morgan fingerprint density at radius 3 is 2.55 bits per heavy atom. The number of hydrogen-bond donors (Lipinski definition) is 0. The second-order valence-corrected chi connectivity index (χ2v) is 7.32. The predicted molar refractivity (Wildman–Crippen MR) is 105 cm³/mol. The zero-order valence-corrected chi connectivity index (χ0v) is 16.0. The van der Waals surface area contributed by atoms with E-state index >= 15 is 0 Å². The van der Waals surface area contributed by atoms with Crippen LogP contribution in [0.25, 0.3) is 0 Å². The molecule has 0 radical (unpaired) electrons. The lowest BCUT2D eigenvalue weighted by Crippen LogP contribution is -2.54. The Hall–Kier alpha value is -3.22. The van der Waals surface area contributed by atoms with E-state index in [4.69, 9.17) is 4.84 Å². The maximum atomic E-state index is 13.0. The molecule has 4 rings (SSSR count). The van der Waals surface area contributed by atoms with Crippen LogP contribution in [-0.4, -0.2) is 53.1 Å². The van der Waals surface area contributed by atoms with Gasteiger partial charge in [0.1, 0.15) is 5.82 Å². The number of nitrogens with zero attached hydrogens (tertiary/aromatic N) is 3. The Balaban J connectivity index is 1.28. The van der Waals surface area contributed by atoms with Crippen LogP contribution in [-0.2, 0) is 27.4 Å². The summed E-state index contributed by atoms with van der Waals surface area (Å²) >= 11 is 0. The van der Waals surface area contributed by atoms with Crippen molar-refractivity contribution in [1.29, 1.82) is 0 Å². The summed E-state index contributed by atoms with van der Waals surface area (Å²) in [5, 5.41) is 4.07. The number of hydrogen-bond acceptors (Lipinski definition) is 4. The van der Waals surface area contributed by atoms with Gasteiger partial charge < -0.3 is 14.6 Å². The minimum atomic E-state index is -0.662. The molecule has 2 heterocycles. The third-order valence-electron chi connectivity index (χ3n) is 5.17. The highest BCUT2D eigenvalue weighted by molar-refractivity contribution is 5.95. The Bertz CT molecular complexity index is 915. The second kappa shape index (κ2) is 8.43. The Kier molecular flexibility index (Phi) is 5.55. The molecule has 1 unspecified atom stereocenters. The number of halogens is 1. The van der Waals surface area contributed by atoms with E-state index in [0.717, 1.165) is 16.8 Å². The van der Waals surface area contributed by atoms with E-state index in [1.54, 1.807) is 17.0 Å². The largest absolute Gasteiger partial charge is 0.382 e. The van der Waals surface area contributed by atoms with Crippen molar-refractivity contribution in [3.8, 4) is 0 Å². The summed E-state index contributed by atoms with van der Waals surface area (Å²) in [5.41, 5.74) is 2.81. The number of carbonyl (C=O) groups is 2. The van der Waals surface area contributed by atoms with Crippen molar-refractivity contribution in [2.45, 2.75) is 25.5 Å². The molecule has 150 valence electrons. The van der Waals surface area contributed by atoms with Gasteiger partial charge in [-0.15, -0.1) is 0 Å². The van der Waals surface area contributed by atoms with Gasteiger partial charge in [0.25, 0.3) is 5.91 Å². The van der Waals surface area contributed by atoms with Crippen molar-refractivity contribution in [3.63, 3.8) is 0 Å². The molecule has 2 aliphatic heterocycles. The zero-order valence-electron chi connectivity index (χ0n) is 16.0. The van der Waals surface area contributed by atoms with E-state index in [1.165, 1.54) is 17.0 Å². The molecule has 6 nitrogen and oxygen atoms in total. The first kappa shape index (κ1) is 19.1. The van der Waals surface area contributed by atoms with Gasteiger partial charge >= 0.3 is 0 Å². The molecular weight excluding hydrogens is 373 g/mol. The molecule has 29 heavy (non-hydrogen) atoms. The average Bonchev–Trinajstić information content (AvgIpc) is 3.20. The molecule has 0 spiro atoms. The maximum Gasteiger partial charge on any atom is 0.267 e. The van der Waals surface area contributed by atoms with Crippen molar-refractivity contribution < 1.29 is 18.8 Å². The molecule has 2 aromatic rings. The number of rotatable bonds is 5. The summed E-state index contributed by atoms with van der Waals surface area (Å²) in [6.45, 7) is 1.31. The predicted octanol–water partition coefficient (Wildman–Crippen LogP) is 2.38. The first-order valence-corrected chi connectivity index (χ1v) is 9.65. The fourth-order valence-electron chi connectivity index (χ4n) is 3.57. The smallest absolute Gasteiger partial charge is 0.267 e. The highest BCUT2D eigenvalue weighted by Gasteiger charge is 2.35. The molecule has 2 amide bonds. The Labute approximate surface area is 168 Å². The summed E-state index contributed by atoms with van der Waals surface area (Å²) in [6.07, 6.45) is 0.428. The summed E-state index contributed by atoms with van der Waals surface area (Å²) < 4.78 is 13.0. The lowest BCUT2D eigenvalue weighted by Gasteiger charge is -2.35. The van der Waals surface area contributed by atoms with E-state index in [2.05, 4.69) is 5.16 Å². The van der Waals surface area contributed by atoms with Crippen LogP contribution >= 0.6 is 0 Å². The topological polar surface area (TPSA) is 62.2 Å². The number of benzene rings is 2. The van der Waals surface area contributed by atoms with Crippen LogP contribution in [0.4, 0.5) is 4.39 Å². The van der Waals surface area contributed by atoms with Crippen molar-refractivity contribution in [1.82, 2.24) is 9.80 Å². The monoisotopic (exact) mass is 395 g/mol. The van der Waals surface area contributed by atoms with Crippen molar-refractivity contribution >= 4 is 17.5 Å². The highest BCUT2D eigenvalue weighted by Crippen LogP contribution is 2.18. The van der Waals surface area contributed by atoms with E-state index in [-0.39, 0.29) is 24.2 Å². The summed E-state index contributed by atoms with van der Waals surface area (Å²) in [4.78, 5) is 33.8. The minimum Gasteiger partial charge on any atom is -0.382 e. The first-order valence-electron chi connectivity index (χ1n) is 9.65. The Morgan fingerprint density at radius 1 is 1.07 bits per heavy atom. The van der Waals surface area contributed by atoms with Crippen LogP contribution in [0, 0.1) is 5.82 Å². The molecule has 0 aromatic heterocycles. The summed E-state index contributed by atoms with van der Waals surface area (Å²) in [6, 6.07) is 16.0. The molecule has 0 bridgehead atoms. The number of piperazine rings is 1. The van der Waals surface area contributed by atoms with Gasteiger partial charge in [0.05, 0.1) is 12.3 Å². The third kappa shape index (κ3) is 4.62. The van der Waals surface area contributed by atoms with Gasteiger partial charge in [-0.05, 0) is 23.3 Å². The molecule has 1 atom stereocenters. The van der Waals surface area contributed by atoms with Gasteiger partial charge in [-0.2, -0.15) is 0 Å². The molecule has 0 aliphatic carbocycles. The third-order valence-corrected chi connectivity index (χ3v) is 5.17. The lowest BCUT2D eigenvalue weighted by molar-refractivity contribution is -0.151. The van der Waals surface area contributed by atoms with E-state index in [1.807, 2.05) is 30.3 Å². The molecule has 2 aromatic carbocycles. The quantitative estimate of drug-likeness (QED) is 0.781. The SMILES string of the molecule is O=C1CN(C(=O)C2CC(Cc3ccccc3)=NO2)CCN1Cc1ccc(F)cc1. The molecule has 7 heteroatoms. The van der Waals surface area contributed by atoms with Gasteiger partial charge in [0.15, 0.2) is 0 Å².